The first-order valence-electron chi connectivity index (χ1n) is 7.78. The Hall–Kier alpha value is -1.31. The fourth-order valence-corrected chi connectivity index (χ4v) is 4.77. The Morgan fingerprint density at radius 1 is 1.26 bits per heavy atom. The van der Waals surface area contributed by atoms with Gasteiger partial charge in [0.05, 0.1) is 4.90 Å². The summed E-state index contributed by atoms with van der Waals surface area (Å²) in [6.45, 7) is 0.386. The molecule has 5 nitrogen and oxygen atoms in total. The number of hydrogen-bond donors (Lipinski definition) is 1. The summed E-state index contributed by atoms with van der Waals surface area (Å²) in [4.78, 5) is 4.58. The molecule has 0 atom stereocenters. The number of rotatable bonds is 6. The minimum Gasteiger partial charge on any atom is -0.329 e. The number of fused-ring (bicyclic) bond motifs is 1. The molecule has 0 unspecified atom stereocenters. The van der Waals surface area contributed by atoms with E-state index in [4.69, 9.17) is 0 Å². The number of nitrogens with zero attached hydrogens (tertiary/aromatic N) is 2. The monoisotopic (exact) mass is 351 g/mol. The van der Waals surface area contributed by atoms with Gasteiger partial charge in [-0.3, -0.25) is 0 Å². The molecule has 0 saturated carbocycles. The smallest absolute Gasteiger partial charge is 0.240 e. The third-order valence-electron chi connectivity index (χ3n) is 4.03. The van der Waals surface area contributed by atoms with E-state index in [1.54, 1.807) is 12.3 Å². The molecule has 0 amide bonds. The molecule has 0 radical (unpaired) electrons. The standard InChI is InChI=1S/C16H21N3O2S2/c1-19-10-8-17-16(19)22-11-9-18-23(20,21)15-7-6-13-4-2-3-5-14(13)12-15/h6-8,10,12,18H,2-5,9,11H2,1H3. The number of hydrogen-bond acceptors (Lipinski definition) is 4. The van der Waals surface area contributed by atoms with Gasteiger partial charge >= 0.3 is 0 Å². The van der Waals surface area contributed by atoms with Crippen LogP contribution in [0, 0.1) is 0 Å². The summed E-state index contributed by atoms with van der Waals surface area (Å²) in [7, 11) is -1.51. The average Bonchev–Trinajstić information content (AvgIpc) is 2.96. The summed E-state index contributed by atoms with van der Waals surface area (Å²) in [5, 5.41) is 0.887. The van der Waals surface area contributed by atoms with Crippen molar-refractivity contribution in [2.24, 2.45) is 7.05 Å². The zero-order valence-electron chi connectivity index (χ0n) is 13.2. The van der Waals surface area contributed by atoms with Crippen LogP contribution in [0.1, 0.15) is 24.0 Å². The Labute approximate surface area is 141 Å². The van der Waals surface area contributed by atoms with E-state index in [9.17, 15) is 8.42 Å². The van der Waals surface area contributed by atoms with Gasteiger partial charge in [-0.2, -0.15) is 0 Å². The molecular weight excluding hydrogens is 330 g/mol. The zero-order chi connectivity index (χ0) is 16.3. The molecule has 1 aromatic heterocycles. The summed E-state index contributed by atoms with van der Waals surface area (Å²) < 4.78 is 29.4. The molecule has 2 aromatic rings. The van der Waals surface area contributed by atoms with Crippen LogP contribution < -0.4 is 4.72 Å². The second-order valence-corrected chi connectivity index (χ2v) is 8.53. The number of thioether (sulfide) groups is 1. The van der Waals surface area contributed by atoms with E-state index in [-0.39, 0.29) is 0 Å². The second-order valence-electron chi connectivity index (χ2n) is 5.70. The van der Waals surface area contributed by atoms with Gasteiger partial charge < -0.3 is 4.57 Å². The summed E-state index contributed by atoms with van der Waals surface area (Å²) in [5.74, 6) is 0.648. The molecule has 0 saturated heterocycles. The Bertz CT molecular complexity index is 784. The highest BCUT2D eigenvalue weighted by Gasteiger charge is 2.17. The summed E-state index contributed by atoms with van der Waals surface area (Å²) in [5.41, 5.74) is 2.47. The third-order valence-corrected chi connectivity index (χ3v) is 6.55. The van der Waals surface area contributed by atoms with Gasteiger partial charge in [-0.05, 0) is 48.9 Å². The predicted octanol–water partition coefficient (Wildman–Crippen LogP) is 2.37. The first kappa shape index (κ1) is 16.5. The number of imidazole rings is 1. The molecule has 0 aliphatic heterocycles. The Morgan fingerprint density at radius 2 is 2.04 bits per heavy atom. The van der Waals surface area contributed by atoms with Gasteiger partial charge in [-0.25, -0.2) is 18.1 Å². The van der Waals surface area contributed by atoms with Crippen molar-refractivity contribution >= 4 is 21.8 Å². The average molecular weight is 351 g/mol. The van der Waals surface area contributed by atoms with Crippen LogP contribution in [-0.2, 0) is 29.9 Å². The Kier molecular flexibility index (Phi) is 5.08. The first-order valence-corrected chi connectivity index (χ1v) is 10.2. The van der Waals surface area contributed by atoms with E-state index in [1.165, 1.54) is 29.3 Å². The highest BCUT2D eigenvalue weighted by atomic mass is 32.2. The third kappa shape index (κ3) is 3.97. The first-order chi connectivity index (χ1) is 11.1. The summed E-state index contributed by atoms with van der Waals surface area (Å²) >= 11 is 1.54. The summed E-state index contributed by atoms with van der Waals surface area (Å²) in [6.07, 6.45) is 7.99. The molecule has 1 heterocycles. The van der Waals surface area contributed by atoms with Gasteiger partial charge in [0.1, 0.15) is 0 Å². The van der Waals surface area contributed by atoms with E-state index < -0.39 is 10.0 Å². The molecule has 124 valence electrons. The van der Waals surface area contributed by atoms with Crippen LogP contribution in [0.3, 0.4) is 0 Å². The molecule has 0 spiro atoms. The highest BCUT2D eigenvalue weighted by Crippen LogP contribution is 2.24. The molecule has 1 N–H and O–H groups in total. The van der Waals surface area contributed by atoms with Crippen molar-refractivity contribution in [3.8, 4) is 0 Å². The normalized spacial score (nSPS) is 14.7. The van der Waals surface area contributed by atoms with Crippen LogP contribution in [0.2, 0.25) is 0 Å². The van der Waals surface area contributed by atoms with Crippen molar-refractivity contribution < 1.29 is 8.42 Å². The van der Waals surface area contributed by atoms with Crippen LogP contribution in [0.15, 0.2) is 40.6 Å². The topological polar surface area (TPSA) is 64.0 Å². The zero-order valence-corrected chi connectivity index (χ0v) is 14.8. The van der Waals surface area contributed by atoms with Crippen LogP contribution in [0.25, 0.3) is 0 Å². The van der Waals surface area contributed by atoms with E-state index >= 15 is 0 Å². The van der Waals surface area contributed by atoms with Gasteiger partial charge in [0.25, 0.3) is 0 Å². The molecule has 3 rings (SSSR count). The maximum atomic E-state index is 12.4. The number of aromatic nitrogens is 2. The Balaban J connectivity index is 1.59. The van der Waals surface area contributed by atoms with Gasteiger partial charge in [0, 0.05) is 31.7 Å². The lowest BCUT2D eigenvalue weighted by Crippen LogP contribution is -2.26. The van der Waals surface area contributed by atoms with Gasteiger partial charge in [-0.1, -0.05) is 17.8 Å². The number of nitrogens with one attached hydrogen (secondary N) is 1. The lowest BCUT2D eigenvalue weighted by atomic mass is 9.92. The van der Waals surface area contributed by atoms with Gasteiger partial charge in [0.2, 0.25) is 10.0 Å². The number of sulfonamides is 1. The largest absolute Gasteiger partial charge is 0.329 e. The van der Waals surface area contributed by atoms with Crippen LogP contribution >= 0.6 is 11.8 Å². The minimum absolute atomic E-state index is 0.375. The molecule has 1 aliphatic rings. The Morgan fingerprint density at radius 3 is 2.78 bits per heavy atom. The molecule has 23 heavy (non-hydrogen) atoms. The van der Waals surface area contributed by atoms with Crippen LogP contribution in [0.4, 0.5) is 0 Å². The fourth-order valence-electron chi connectivity index (χ4n) is 2.77. The van der Waals surface area contributed by atoms with Crippen LogP contribution in [0.5, 0.6) is 0 Å². The van der Waals surface area contributed by atoms with Crippen molar-refractivity contribution in [1.82, 2.24) is 14.3 Å². The molecule has 0 fully saturated rings. The van der Waals surface area contributed by atoms with E-state index in [0.29, 0.717) is 17.2 Å². The maximum absolute atomic E-state index is 12.4. The molecule has 7 heteroatoms. The second kappa shape index (κ2) is 7.07. The molecule has 0 bridgehead atoms. The van der Waals surface area contributed by atoms with Crippen molar-refractivity contribution in [3.63, 3.8) is 0 Å². The number of aryl methyl sites for hydroxylation is 3. The van der Waals surface area contributed by atoms with Crippen molar-refractivity contribution in [3.05, 3.63) is 41.7 Å². The quantitative estimate of drug-likeness (QED) is 0.641. The van der Waals surface area contributed by atoms with Crippen molar-refractivity contribution in [2.75, 3.05) is 12.3 Å². The van der Waals surface area contributed by atoms with E-state index in [0.717, 1.165) is 24.4 Å². The maximum Gasteiger partial charge on any atom is 0.240 e. The molecular formula is C16H21N3O2S2. The fraction of sp³-hybridized carbons (Fsp3) is 0.438. The predicted molar refractivity (Wildman–Crippen MR) is 92.2 cm³/mol. The van der Waals surface area contributed by atoms with Crippen molar-refractivity contribution in [2.45, 2.75) is 35.7 Å². The van der Waals surface area contributed by atoms with E-state index in [1.807, 2.05) is 29.9 Å². The molecule has 1 aliphatic carbocycles. The summed E-state index contributed by atoms with van der Waals surface area (Å²) in [6, 6.07) is 5.52. The minimum atomic E-state index is -3.44. The van der Waals surface area contributed by atoms with Crippen LogP contribution in [-0.4, -0.2) is 30.3 Å². The van der Waals surface area contributed by atoms with Gasteiger partial charge in [-0.15, -0.1) is 0 Å². The molecule has 1 aromatic carbocycles. The highest BCUT2D eigenvalue weighted by molar-refractivity contribution is 7.99. The lowest BCUT2D eigenvalue weighted by Gasteiger charge is -2.16. The lowest BCUT2D eigenvalue weighted by molar-refractivity contribution is 0.583. The number of benzene rings is 1. The van der Waals surface area contributed by atoms with E-state index in [2.05, 4.69) is 9.71 Å². The SMILES string of the molecule is Cn1ccnc1SCCNS(=O)(=O)c1ccc2c(c1)CCCC2. The van der Waals surface area contributed by atoms with Gasteiger partial charge in [0.15, 0.2) is 5.16 Å². The van der Waals surface area contributed by atoms with Crippen molar-refractivity contribution in [1.29, 1.82) is 0 Å².